The van der Waals surface area contributed by atoms with Crippen LogP contribution in [0.3, 0.4) is 0 Å². The van der Waals surface area contributed by atoms with Gasteiger partial charge in [-0.3, -0.25) is 14.5 Å². The number of β-lactam (4-membered cyclic amide) rings is 1. The summed E-state index contributed by atoms with van der Waals surface area (Å²) in [5, 5.41) is 8.72. The lowest BCUT2D eigenvalue weighted by Gasteiger charge is -2.41. The summed E-state index contributed by atoms with van der Waals surface area (Å²) in [5.41, 5.74) is 1.43. The molecule has 0 bridgehead atoms. The van der Waals surface area contributed by atoms with Gasteiger partial charge < -0.3 is 5.11 Å². The van der Waals surface area contributed by atoms with Crippen LogP contribution in [0.5, 0.6) is 0 Å². The molecule has 2 aliphatic rings. The molecule has 1 N–H and O–H groups in total. The quantitative estimate of drug-likeness (QED) is 0.558. The average Bonchev–Trinajstić information content (AvgIpc) is 2.49. The highest BCUT2D eigenvalue weighted by atomic mass is 32.2. The third-order valence-corrected chi connectivity index (χ3v) is 3.92. The smallest absolute Gasteiger partial charge is 0.237 e. The molecule has 0 saturated carbocycles. The molecule has 5 heteroatoms. The fraction of sp³-hybridized carbons (Fsp3) is 0.600. The fourth-order valence-electron chi connectivity index (χ4n) is 2.01. The van der Waals surface area contributed by atoms with Gasteiger partial charge in [0.25, 0.3) is 0 Å². The average molecular weight is 227 g/mol. The molecule has 2 fully saturated rings. The van der Waals surface area contributed by atoms with Gasteiger partial charge in [0.15, 0.2) is 0 Å². The van der Waals surface area contributed by atoms with Crippen molar-refractivity contribution in [3.05, 3.63) is 11.3 Å². The lowest BCUT2D eigenvalue weighted by molar-refractivity contribution is -0.147. The minimum absolute atomic E-state index is 0.000345. The number of amides is 1. The molecule has 0 aromatic rings. The molecule has 2 atom stereocenters. The molecule has 0 aliphatic carbocycles. The number of carbonyl (C=O) groups is 2. The van der Waals surface area contributed by atoms with E-state index in [4.69, 9.17) is 5.11 Å². The number of carbonyl (C=O) groups excluding carboxylic acids is 2. The maximum atomic E-state index is 11.7. The van der Waals surface area contributed by atoms with Crippen molar-refractivity contribution in [2.75, 3.05) is 6.61 Å². The molecule has 0 aromatic heterocycles. The third-order valence-electron chi connectivity index (χ3n) is 2.73. The van der Waals surface area contributed by atoms with E-state index in [1.807, 2.05) is 13.8 Å². The van der Waals surface area contributed by atoms with Crippen molar-refractivity contribution < 1.29 is 14.7 Å². The van der Waals surface area contributed by atoms with Crippen molar-refractivity contribution in [2.24, 2.45) is 5.92 Å². The number of fused-ring (bicyclic) bond motifs is 1. The van der Waals surface area contributed by atoms with Gasteiger partial charge in [-0.1, -0.05) is 11.8 Å². The predicted octanol–water partition coefficient (Wildman–Crippen LogP) is 0.721. The zero-order valence-corrected chi connectivity index (χ0v) is 9.50. The summed E-state index contributed by atoms with van der Waals surface area (Å²) in [6.07, 6.45) is 0.455. The third kappa shape index (κ3) is 1.41. The Morgan fingerprint density at radius 2 is 2.13 bits per heavy atom. The van der Waals surface area contributed by atoms with Crippen LogP contribution in [-0.4, -0.2) is 33.0 Å². The molecular formula is C10H13NO3S. The normalized spacial score (nSPS) is 29.3. The molecule has 2 heterocycles. The molecule has 4 nitrogen and oxygen atoms in total. The van der Waals surface area contributed by atoms with Crippen LogP contribution in [0.4, 0.5) is 0 Å². The van der Waals surface area contributed by atoms with Gasteiger partial charge in [-0.05, 0) is 25.8 Å². The molecule has 0 radical (unpaired) electrons. The van der Waals surface area contributed by atoms with E-state index in [-0.39, 0.29) is 28.9 Å². The standard InChI is InChI=1S/C10H13NO3S/c1-5(2)7-10(14)15-9-6(3-4-12)8(13)11(7)9/h6,9,12H,3-4H2,1-2H3/t6-,9-/m1/s1. The zero-order chi connectivity index (χ0) is 11.2. The topological polar surface area (TPSA) is 57.6 Å². The number of nitrogens with zero attached hydrogens (tertiary/aromatic N) is 1. The van der Waals surface area contributed by atoms with Crippen LogP contribution in [-0.2, 0) is 9.59 Å². The summed E-state index contributed by atoms with van der Waals surface area (Å²) in [4.78, 5) is 24.9. The summed E-state index contributed by atoms with van der Waals surface area (Å²) >= 11 is 1.20. The number of hydrogen-bond acceptors (Lipinski definition) is 4. The first-order chi connectivity index (χ1) is 7.07. The SMILES string of the molecule is CC(C)=C1C(=O)S[C@@H]2[C@H](CCO)C(=O)N12. The Balaban J connectivity index is 2.24. The molecule has 0 unspecified atom stereocenters. The number of aliphatic hydroxyl groups excluding tert-OH is 1. The molecule has 2 rings (SSSR count). The van der Waals surface area contributed by atoms with E-state index >= 15 is 0 Å². The predicted molar refractivity (Wildman–Crippen MR) is 56.8 cm³/mol. The highest BCUT2D eigenvalue weighted by Gasteiger charge is 2.55. The van der Waals surface area contributed by atoms with Crippen LogP contribution in [0, 0.1) is 5.92 Å². The number of hydrogen-bond donors (Lipinski definition) is 1. The lowest BCUT2D eigenvalue weighted by Crippen LogP contribution is -2.55. The van der Waals surface area contributed by atoms with Gasteiger partial charge in [0.1, 0.15) is 5.37 Å². The van der Waals surface area contributed by atoms with E-state index in [9.17, 15) is 9.59 Å². The molecule has 2 aliphatic heterocycles. The van der Waals surface area contributed by atoms with Crippen LogP contribution in [0.2, 0.25) is 0 Å². The largest absolute Gasteiger partial charge is 0.396 e. The summed E-state index contributed by atoms with van der Waals surface area (Å²) in [5.74, 6) is -0.204. The van der Waals surface area contributed by atoms with Crippen LogP contribution in [0.15, 0.2) is 11.3 Å². The Morgan fingerprint density at radius 1 is 1.47 bits per heavy atom. The van der Waals surface area contributed by atoms with Gasteiger partial charge in [-0.25, -0.2) is 0 Å². The van der Waals surface area contributed by atoms with Gasteiger partial charge in [0, 0.05) is 6.61 Å². The van der Waals surface area contributed by atoms with E-state index in [0.717, 1.165) is 5.57 Å². The molecular weight excluding hydrogens is 214 g/mol. The van der Waals surface area contributed by atoms with Crippen LogP contribution in [0.25, 0.3) is 0 Å². The number of rotatable bonds is 2. The zero-order valence-electron chi connectivity index (χ0n) is 8.69. The number of allylic oxidation sites excluding steroid dienone is 1. The minimum atomic E-state index is -0.180. The Hall–Kier alpha value is -0.810. The summed E-state index contributed by atoms with van der Waals surface area (Å²) in [6.45, 7) is 3.67. The second-order valence-corrected chi connectivity index (χ2v) is 5.06. The summed E-state index contributed by atoms with van der Waals surface area (Å²) in [7, 11) is 0. The molecule has 1 amide bonds. The minimum Gasteiger partial charge on any atom is -0.396 e. The monoisotopic (exact) mass is 227 g/mol. The number of thioether (sulfide) groups is 1. The molecule has 0 spiro atoms. The summed E-state index contributed by atoms with van der Waals surface area (Å²) in [6, 6.07) is 0. The highest BCUT2D eigenvalue weighted by Crippen LogP contribution is 2.48. The van der Waals surface area contributed by atoms with E-state index in [0.29, 0.717) is 12.1 Å². The van der Waals surface area contributed by atoms with Gasteiger partial charge in [-0.15, -0.1) is 0 Å². The Labute approximate surface area is 92.3 Å². The van der Waals surface area contributed by atoms with Crippen molar-refractivity contribution >= 4 is 22.8 Å². The summed E-state index contributed by atoms with van der Waals surface area (Å²) < 4.78 is 0. The second kappa shape index (κ2) is 3.64. The van der Waals surface area contributed by atoms with E-state index < -0.39 is 0 Å². The van der Waals surface area contributed by atoms with E-state index in [1.54, 1.807) is 4.90 Å². The highest BCUT2D eigenvalue weighted by molar-refractivity contribution is 8.15. The first-order valence-corrected chi connectivity index (χ1v) is 5.78. The number of aliphatic hydroxyl groups is 1. The molecule has 82 valence electrons. The Kier molecular flexibility index (Phi) is 2.60. The maximum absolute atomic E-state index is 11.7. The second-order valence-electron chi connectivity index (χ2n) is 3.97. The first kappa shape index (κ1) is 10.7. The van der Waals surface area contributed by atoms with Crippen molar-refractivity contribution in [2.45, 2.75) is 25.6 Å². The van der Waals surface area contributed by atoms with Gasteiger partial charge in [0.2, 0.25) is 11.0 Å². The van der Waals surface area contributed by atoms with Crippen molar-refractivity contribution in [1.82, 2.24) is 4.90 Å². The maximum Gasteiger partial charge on any atom is 0.237 e. The van der Waals surface area contributed by atoms with Gasteiger partial charge in [0.05, 0.1) is 11.6 Å². The molecule has 0 aromatic carbocycles. The molecule has 2 saturated heterocycles. The van der Waals surface area contributed by atoms with Crippen LogP contribution in [0.1, 0.15) is 20.3 Å². The van der Waals surface area contributed by atoms with Crippen molar-refractivity contribution in [1.29, 1.82) is 0 Å². The van der Waals surface area contributed by atoms with Gasteiger partial charge >= 0.3 is 0 Å². The first-order valence-electron chi connectivity index (χ1n) is 4.90. The van der Waals surface area contributed by atoms with Crippen LogP contribution >= 0.6 is 11.8 Å². The van der Waals surface area contributed by atoms with Crippen molar-refractivity contribution in [3.63, 3.8) is 0 Å². The Morgan fingerprint density at radius 3 is 2.67 bits per heavy atom. The van der Waals surface area contributed by atoms with Crippen LogP contribution < -0.4 is 0 Å². The lowest BCUT2D eigenvalue weighted by atomic mass is 9.94. The van der Waals surface area contributed by atoms with Crippen molar-refractivity contribution in [3.8, 4) is 0 Å². The van der Waals surface area contributed by atoms with Gasteiger partial charge in [-0.2, -0.15) is 0 Å². The van der Waals surface area contributed by atoms with E-state index in [1.165, 1.54) is 11.8 Å². The molecule has 15 heavy (non-hydrogen) atoms. The Bertz CT molecular complexity index is 360. The fourth-order valence-corrected chi connectivity index (χ4v) is 3.38. The van der Waals surface area contributed by atoms with E-state index in [2.05, 4.69) is 0 Å².